The molecule has 0 bridgehead atoms. The zero-order valence-corrected chi connectivity index (χ0v) is 21.2. The van der Waals surface area contributed by atoms with E-state index in [2.05, 4.69) is 22.9 Å². The molecule has 0 aliphatic carbocycles. The van der Waals surface area contributed by atoms with Crippen LogP contribution in [0.1, 0.15) is 51.1 Å². The number of thiol groups is 1. The van der Waals surface area contributed by atoms with Gasteiger partial charge in [0, 0.05) is 5.56 Å². The zero-order chi connectivity index (χ0) is 24.7. The predicted octanol–water partition coefficient (Wildman–Crippen LogP) is 5.66. The van der Waals surface area contributed by atoms with E-state index < -0.39 is 0 Å². The number of aromatic nitrogens is 2. The maximum absolute atomic E-state index is 15.2. The van der Waals surface area contributed by atoms with Gasteiger partial charge in [0.15, 0.2) is 0 Å². The molecule has 5 nitrogen and oxygen atoms in total. The van der Waals surface area contributed by atoms with Gasteiger partial charge in [0.05, 0.1) is 36.3 Å². The monoisotopic (exact) mass is 483 g/mol. The summed E-state index contributed by atoms with van der Waals surface area (Å²) in [7, 11) is 0. The number of hydrogen-bond acceptors (Lipinski definition) is 4. The van der Waals surface area contributed by atoms with Gasteiger partial charge in [0.1, 0.15) is 5.82 Å². The molecule has 1 amide bonds. The summed E-state index contributed by atoms with van der Waals surface area (Å²) in [4.78, 5) is 17.3. The summed E-state index contributed by atoms with van der Waals surface area (Å²) >= 11 is 4.48. The Morgan fingerprint density at radius 1 is 1.15 bits per heavy atom. The van der Waals surface area contributed by atoms with Gasteiger partial charge < -0.3 is 10.1 Å². The lowest BCUT2D eigenvalue weighted by Gasteiger charge is -2.18. The van der Waals surface area contributed by atoms with E-state index in [1.165, 1.54) is 0 Å². The molecule has 1 N–H and O–H groups in total. The Balaban J connectivity index is 1.89. The first-order chi connectivity index (χ1) is 16.4. The summed E-state index contributed by atoms with van der Waals surface area (Å²) < 4.78 is 22.8. The van der Waals surface area contributed by atoms with Crippen molar-refractivity contribution >= 4 is 18.5 Å². The Hall–Kier alpha value is -2.80. The van der Waals surface area contributed by atoms with E-state index in [4.69, 9.17) is 4.74 Å². The van der Waals surface area contributed by atoms with Gasteiger partial charge in [-0.25, -0.2) is 4.39 Å². The molecule has 0 saturated carbocycles. The highest BCUT2D eigenvalue weighted by Crippen LogP contribution is 2.26. The molecule has 0 radical (unpaired) electrons. The molecule has 1 heterocycles. The fraction of sp³-hybridized carbons (Fsp3) is 0.407. The van der Waals surface area contributed by atoms with Crippen LogP contribution in [0.5, 0.6) is 6.01 Å². The lowest BCUT2D eigenvalue weighted by molar-refractivity contribution is -0.121. The Bertz CT molecular complexity index is 1100. The topological polar surface area (TPSA) is 56.1 Å². The van der Waals surface area contributed by atoms with Crippen molar-refractivity contribution in [3.63, 3.8) is 0 Å². The van der Waals surface area contributed by atoms with Crippen molar-refractivity contribution in [2.24, 2.45) is 5.92 Å². The van der Waals surface area contributed by atoms with Gasteiger partial charge in [0.25, 0.3) is 6.01 Å². The lowest BCUT2D eigenvalue weighted by Crippen LogP contribution is -2.35. The predicted molar refractivity (Wildman–Crippen MR) is 138 cm³/mol. The summed E-state index contributed by atoms with van der Waals surface area (Å²) in [5.41, 5.74) is 3.95. The first kappa shape index (κ1) is 25.8. The van der Waals surface area contributed by atoms with E-state index in [1.807, 2.05) is 68.7 Å². The minimum absolute atomic E-state index is 0.121. The fourth-order valence-electron chi connectivity index (χ4n) is 3.81. The maximum atomic E-state index is 15.2. The molecular formula is C27H34FN3O2S. The van der Waals surface area contributed by atoms with E-state index in [0.29, 0.717) is 24.6 Å². The maximum Gasteiger partial charge on any atom is 0.297 e. The van der Waals surface area contributed by atoms with Gasteiger partial charge in [-0.05, 0) is 36.5 Å². The first-order valence-corrected chi connectivity index (χ1v) is 12.4. The highest BCUT2D eigenvalue weighted by atomic mass is 32.1. The number of amides is 1. The van der Waals surface area contributed by atoms with Crippen molar-refractivity contribution in [3.05, 3.63) is 71.3 Å². The Morgan fingerprint density at radius 3 is 2.50 bits per heavy atom. The third kappa shape index (κ3) is 6.00. The van der Waals surface area contributed by atoms with Crippen molar-refractivity contribution in [2.75, 3.05) is 6.61 Å². The molecule has 0 saturated heterocycles. The summed E-state index contributed by atoms with van der Waals surface area (Å²) in [6.07, 6.45) is 1.54. The van der Waals surface area contributed by atoms with E-state index in [9.17, 15) is 4.79 Å². The van der Waals surface area contributed by atoms with E-state index in [1.54, 1.807) is 12.1 Å². The first-order valence-electron chi connectivity index (χ1n) is 11.9. The van der Waals surface area contributed by atoms with E-state index >= 15 is 4.39 Å². The van der Waals surface area contributed by atoms with Gasteiger partial charge in [-0.15, -0.1) is 0 Å². The normalized spacial score (nSPS) is 12.9. The van der Waals surface area contributed by atoms with E-state index in [0.717, 1.165) is 28.9 Å². The molecule has 2 aromatic carbocycles. The zero-order valence-electron chi connectivity index (χ0n) is 20.3. The number of carbonyl (C=O) groups is 1. The second kappa shape index (κ2) is 12.1. The second-order valence-corrected chi connectivity index (χ2v) is 8.94. The SMILES string of the molecule is CCOc1nc(CC)c(CNC(=O)[C@@H](S)[C@@H](C)CC)n1Cc1ccc(-c2ccccc2)cc1F. The fourth-order valence-corrected chi connectivity index (χ4v) is 4.11. The van der Waals surface area contributed by atoms with Crippen LogP contribution in [0.4, 0.5) is 4.39 Å². The average Bonchev–Trinajstić information content (AvgIpc) is 3.19. The summed E-state index contributed by atoms with van der Waals surface area (Å²) in [5, 5.41) is 2.60. The van der Waals surface area contributed by atoms with Crippen LogP contribution in [0.3, 0.4) is 0 Å². The van der Waals surface area contributed by atoms with Crippen molar-refractivity contribution < 1.29 is 13.9 Å². The number of rotatable bonds is 11. The van der Waals surface area contributed by atoms with Crippen LogP contribution in [0.25, 0.3) is 11.1 Å². The Kier molecular flexibility index (Phi) is 9.16. The van der Waals surface area contributed by atoms with Crippen molar-refractivity contribution in [2.45, 2.75) is 58.9 Å². The molecule has 1 aromatic heterocycles. The van der Waals surface area contributed by atoms with Gasteiger partial charge in [-0.1, -0.05) is 69.7 Å². The number of halogens is 1. The van der Waals surface area contributed by atoms with Crippen molar-refractivity contribution in [1.82, 2.24) is 14.9 Å². The number of nitrogens with zero attached hydrogens (tertiary/aromatic N) is 2. The molecule has 34 heavy (non-hydrogen) atoms. The van der Waals surface area contributed by atoms with Gasteiger partial charge in [-0.2, -0.15) is 17.6 Å². The number of hydrogen-bond donors (Lipinski definition) is 2. The van der Waals surface area contributed by atoms with Crippen LogP contribution in [-0.4, -0.2) is 27.3 Å². The molecule has 0 fully saturated rings. The van der Waals surface area contributed by atoms with E-state index in [-0.39, 0.29) is 36.0 Å². The molecule has 2 atom stereocenters. The largest absolute Gasteiger partial charge is 0.465 e. The van der Waals surface area contributed by atoms with Gasteiger partial charge in [0.2, 0.25) is 5.91 Å². The number of carbonyl (C=O) groups excluding carboxylic acids is 1. The average molecular weight is 484 g/mol. The van der Waals surface area contributed by atoms with Crippen LogP contribution in [0, 0.1) is 11.7 Å². The van der Waals surface area contributed by atoms with Crippen molar-refractivity contribution in [3.8, 4) is 17.1 Å². The molecule has 182 valence electrons. The van der Waals surface area contributed by atoms with Crippen molar-refractivity contribution in [1.29, 1.82) is 0 Å². The third-order valence-electron chi connectivity index (χ3n) is 6.10. The molecule has 0 spiro atoms. The number of imidazole rings is 1. The molecule has 0 aliphatic heterocycles. The quantitative estimate of drug-likeness (QED) is 0.346. The molecular weight excluding hydrogens is 449 g/mol. The second-order valence-electron chi connectivity index (χ2n) is 8.38. The van der Waals surface area contributed by atoms with Crippen LogP contribution in [0.15, 0.2) is 48.5 Å². The minimum Gasteiger partial charge on any atom is -0.465 e. The summed E-state index contributed by atoms with van der Waals surface area (Å²) in [6, 6.07) is 15.4. The highest BCUT2D eigenvalue weighted by Gasteiger charge is 2.23. The smallest absolute Gasteiger partial charge is 0.297 e. The molecule has 0 unspecified atom stereocenters. The molecule has 3 rings (SSSR count). The number of ether oxygens (including phenoxy) is 1. The molecule has 0 aliphatic rings. The standard InChI is InChI=1S/C27H34FN3O2S/c1-5-18(4)25(34)26(32)29-16-24-23(6-2)30-27(33-7-3)31(24)17-21-14-13-20(15-22(21)28)19-11-9-8-10-12-19/h8-15,18,25,34H,5-7,16-17H2,1-4H3,(H,29,32)/t18-,25-/m0/s1. The molecule has 3 aromatic rings. The Labute approximate surface area is 207 Å². The number of aryl methyl sites for hydroxylation is 1. The van der Waals surface area contributed by atoms with Crippen LogP contribution in [-0.2, 0) is 24.3 Å². The Morgan fingerprint density at radius 2 is 1.88 bits per heavy atom. The number of nitrogens with one attached hydrogen (secondary N) is 1. The molecule has 7 heteroatoms. The van der Waals surface area contributed by atoms with Crippen LogP contribution >= 0.6 is 12.6 Å². The lowest BCUT2D eigenvalue weighted by atomic mass is 10.0. The number of benzene rings is 2. The summed E-state index contributed by atoms with van der Waals surface area (Å²) in [5.74, 6) is -0.253. The van der Waals surface area contributed by atoms with Crippen LogP contribution in [0.2, 0.25) is 0 Å². The third-order valence-corrected chi connectivity index (χ3v) is 6.84. The summed E-state index contributed by atoms with van der Waals surface area (Å²) in [6.45, 7) is 8.91. The highest BCUT2D eigenvalue weighted by molar-refractivity contribution is 7.81. The van der Waals surface area contributed by atoms with Gasteiger partial charge >= 0.3 is 0 Å². The van der Waals surface area contributed by atoms with Crippen LogP contribution < -0.4 is 10.1 Å². The minimum atomic E-state index is -0.388. The van der Waals surface area contributed by atoms with Gasteiger partial charge in [-0.3, -0.25) is 9.36 Å².